The Labute approximate surface area is 162 Å². The van der Waals surface area contributed by atoms with Crippen LogP contribution in [0, 0.1) is 26.2 Å². The van der Waals surface area contributed by atoms with Crippen molar-refractivity contribution in [3.8, 4) is 5.75 Å². The molecule has 0 saturated heterocycles. The molecule has 0 heterocycles. The number of aryl methyl sites for hydroxylation is 2. The summed E-state index contributed by atoms with van der Waals surface area (Å²) in [5.41, 5.74) is 8.41. The highest BCUT2D eigenvalue weighted by atomic mass is 16.5. The van der Waals surface area contributed by atoms with E-state index in [1.54, 1.807) is 13.5 Å². The number of carbonyl (C=O) groups excluding carboxylic acids is 2. The van der Waals surface area contributed by atoms with Gasteiger partial charge in [0.15, 0.2) is 0 Å². The number of primary amides is 1. The van der Waals surface area contributed by atoms with Crippen molar-refractivity contribution in [1.29, 1.82) is 0 Å². The molecule has 6 heteroatoms. The lowest BCUT2D eigenvalue weighted by Gasteiger charge is -2.22. The van der Waals surface area contributed by atoms with E-state index in [0.29, 0.717) is 5.92 Å². The molecule has 0 spiro atoms. The van der Waals surface area contributed by atoms with Gasteiger partial charge in [0.1, 0.15) is 11.8 Å². The van der Waals surface area contributed by atoms with Gasteiger partial charge in [-0.1, -0.05) is 32.1 Å². The molecule has 4 N–H and O–H groups in total. The summed E-state index contributed by atoms with van der Waals surface area (Å²) in [4.78, 5) is 24.0. The molecule has 1 atom stereocenters. The molecule has 2 amide bonds. The fourth-order valence-electron chi connectivity index (χ4n) is 3.67. The molecular weight excluding hydrogens is 342 g/mol. The van der Waals surface area contributed by atoms with Crippen molar-refractivity contribution in [2.24, 2.45) is 11.7 Å². The van der Waals surface area contributed by atoms with Crippen LogP contribution in [0.25, 0.3) is 0 Å². The van der Waals surface area contributed by atoms with Gasteiger partial charge in [-0.05, 0) is 49.4 Å². The Morgan fingerprint density at radius 3 is 2.41 bits per heavy atom. The highest BCUT2D eigenvalue weighted by Crippen LogP contribution is 2.27. The van der Waals surface area contributed by atoms with Gasteiger partial charge in [-0.25, -0.2) is 0 Å². The number of carbonyl (C=O) groups is 2. The van der Waals surface area contributed by atoms with Gasteiger partial charge in [-0.3, -0.25) is 9.59 Å². The van der Waals surface area contributed by atoms with Gasteiger partial charge in [0, 0.05) is 18.7 Å². The second-order valence-electron chi connectivity index (χ2n) is 7.42. The molecule has 0 unspecified atom stereocenters. The van der Waals surface area contributed by atoms with Gasteiger partial charge >= 0.3 is 0 Å². The molecule has 0 bridgehead atoms. The van der Waals surface area contributed by atoms with Crippen LogP contribution in [0.1, 0.15) is 49.7 Å². The molecule has 1 aliphatic rings. The Morgan fingerprint density at radius 2 is 1.85 bits per heavy atom. The number of amides is 2. The van der Waals surface area contributed by atoms with E-state index in [-0.39, 0.29) is 12.5 Å². The molecule has 0 aromatic heterocycles. The second-order valence-corrected chi connectivity index (χ2v) is 7.42. The summed E-state index contributed by atoms with van der Waals surface area (Å²) >= 11 is 0. The van der Waals surface area contributed by atoms with Gasteiger partial charge in [-0.2, -0.15) is 0 Å². The molecule has 1 aromatic rings. The number of ether oxygens (including phenoxy) is 1. The Morgan fingerprint density at radius 1 is 1.22 bits per heavy atom. The molecule has 1 radical (unpaired) electrons. The average molecular weight is 375 g/mol. The molecule has 1 saturated carbocycles. The quantitative estimate of drug-likeness (QED) is 0.619. The molecule has 0 aliphatic heterocycles. The van der Waals surface area contributed by atoms with Crippen molar-refractivity contribution in [2.45, 2.75) is 58.4 Å². The third-order valence-corrected chi connectivity index (χ3v) is 5.25. The minimum atomic E-state index is -0.763. The van der Waals surface area contributed by atoms with E-state index in [1.165, 1.54) is 32.1 Å². The first-order valence-electron chi connectivity index (χ1n) is 9.72. The normalized spacial score (nSPS) is 15.8. The number of hydrogen-bond acceptors (Lipinski definition) is 4. The lowest BCUT2D eigenvalue weighted by molar-refractivity contribution is -0.125. The summed E-state index contributed by atoms with van der Waals surface area (Å²) in [5, 5.41) is 5.97. The van der Waals surface area contributed by atoms with Crippen molar-refractivity contribution in [3.05, 3.63) is 29.7 Å². The van der Waals surface area contributed by atoms with E-state index in [1.807, 2.05) is 26.0 Å². The Hall–Kier alpha value is -2.24. The van der Waals surface area contributed by atoms with Gasteiger partial charge < -0.3 is 21.1 Å². The number of rotatable bonds is 9. The smallest absolute Gasteiger partial charge is 0.241 e. The molecule has 27 heavy (non-hydrogen) atoms. The van der Waals surface area contributed by atoms with Crippen LogP contribution in [-0.4, -0.2) is 31.5 Å². The summed E-state index contributed by atoms with van der Waals surface area (Å²) < 4.78 is 5.26. The van der Waals surface area contributed by atoms with Crippen molar-refractivity contribution in [2.75, 3.05) is 19.0 Å². The zero-order valence-corrected chi connectivity index (χ0v) is 16.6. The lowest BCUT2D eigenvalue weighted by atomic mass is 9.86. The van der Waals surface area contributed by atoms with E-state index < -0.39 is 11.9 Å². The number of hydrogen-bond donors (Lipinski definition) is 3. The summed E-state index contributed by atoms with van der Waals surface area (Å²) in [5.74, 6) is 0.590. The molecule has 1 aliphatic carbocycles. The predicted molar refractivity (Wildman–Crippen MR) is 108 cm³/mol. The first-order valence-corrected chi connectivity index (χ1v) is 9.72. The molecular formula is C21H32N3O3. The third-order valence-electron chi connectivity index (χ3n) is 5.25. The standard InChI is InChI=1S/C21H32N3O3/c1-14-11-17(27-3)12-15(2)20(14)23-13-18(21(22)26)24-19(25)10-9-16-7-5-4-6-8-16/h10-12,16,18,23H,4-9,13H2,1-3H3,(H2,22,26)(H,24,25)/t18-/m0/s1. The predicted octanol–water partition coefficient (Wildman–Crippen LogP) is 2.87. The monoisotopic (exact) mass is 374 g/mol. The Balaban J connectivity index is 1.88. The molecule has 2 rings (SSSR count). The molecule has 149 valence electrons. The number of nitrogens with one attached hydrogen (secondary N) is 2. The van der Waals surface area contributed by atoms with Gasteiger partial charge in [-0.15, -0.1) is 0 Å². The highest BCUT2D eigenvalue weighted by molar-refractivity contribution is 5.91. The second kappa shape index (κ2) is 10.2. The zero-order chi connectivity index (χ0) is 19.8. The first kappa shape index (κ1) is 21.1. The minimum Gasteiger partial charge on any atom is -0.497 e. The SMILES string of the molecule is COc1cc(C)c(NC[C@H](NC(=O)[CH]CC2CCCCC2)C(N)=O)c(C)c1. The van der Waals surface area contributed by atoms with Crippen molar-refractivity contribution >= 4 is 17.5 Å². The van der Waals surface area contributed by atoms with E-state index in [9.17, 15) is 9.59 Å². The molecule has 1 aromatic carbocycles. The molecule has 6 nitrogen and oxygen atoms in total. The number of benzene rings is 1. The minimum absolute atomic E-state index is 0.227. The maximum absolute atomic E-state index is 12.2. The van der Waals surface area contributed by atoms with Crippen LogP contribution < -0.4 is 21.1 Å². The van der Waals surface area contributed by atoms with Gasteiger partial charge in [0.25, 0.3) is 0 Å². The number of anilines is 1. The largest absolute Gasteiger partial charge is 0.497 e. The fraction of sp³-hybridized carbons (Fsp3) is 0.571. The van der Waals surface area contributed by atoms with Gasteiger partial charge in [0.05, 0.1) is 7.11 Å². The van der Waals surface area contributed by atoms with E-state index in [4.69, 9.17) is 10.5 Å². The van der Waals surface area contributed by atoms with Crippen LogP contribution in [-0.2, 0) is 9.59 Å². The molecule has 1 fully saturated rings. The Kier molecular flexibility index (Phi) is 7.95. The lowest BCUT2D eigenvalue weighted by Crippen LogP contribution is -2.48. The summed E-state index contributed by atoms with van der Waals surface area (Å²) in [6.45, 7) is 4.17. The average Bonchev–Trinajstić information content (AvgIpc) is 2.65. The van der Waals surface area contributed by atoms with Crippen LogP contribution in [0.15, 0.2) is 12.1 Å². The maximum atomic E-state index is 12.2. The van der Waals surface area contributed by atoms with E-state index in [2.05, 4.69) is 10.6 Å². The maximum Gasteiger partial charge on any atom is 0.241 e. The van der Waals surface area contributed by atoms with Crippen molar-refractivity contribution in [1.82, 2.24) is 5.32 Å². The summed E-state index contributed by atoms with van der Waals surface area (Å²) in [6, 6.07) is 3.08. The van der Waals surface area contributed by atoms with Crippen LogP contribution in [0.5, 0.6) is 5.75 Å². The third kappa shape index (κ3) is 6.45. The number of methoxy groups -OCH3 is 1. The van der Waals surface area contributed by atoms with E-state index >= 15 is 0 Å². The van der Waals surface area contributed by atoms with Crippen molar-refractivity contribution < 1.29 is 14.3 Å². The summed E-state index contributed by atoms with van der Waals surface area (Å²) in [6.07, 6.45) is 8.57. The summed E-state index contributed by atoms with van der Waals surface area (Å²) in [7, 11) is 1.63. The van der Waals surface area contributed by atoms with Crippen LogP contribution in [0.2, 0.25) is 0 Å². The highest BCUT2D eigenvalue weighted by Gasteiger charge is 2.20. The Bertz CT molecular complexity index is 631. The van der Waals surface area contributed by atoms with Gasteiger partial charge in [0.2, 0.25) is 11.8 Å². The van der Waals surface area contributed by atoms with Crippen molar-refractivity contribution in [3.63, 3.8) is 0 Å². The van der Waals surface area contributed by atoms with Crippen LogP contribution >= 0.6 is 0 Å². The van der Waals surface area contributed by atoms with Crippen LogP contribution in [0.4, 0.5) is 5.69 Å². The first-order chi connectivity index (χ1) is 12.9. The van der Waals surface area contributed by atoms with Crippen LogP contribution in [0.3, 0.4) is 0 Å². The van der Waals surface area contributed by atoms with E-state index in [0.717, 1.165) is 29.0 Å². The zero-order valence-electron chi connectivity index (χ0n) is 16.6. The topological polar surface area (TPSA) is 93.4 Å². The fourth-order valence-corrected chi connectivity index (χ4v) is 3.67. The number of nitrogens with two attached hydrogens (primary N) is 1.